The fourth-order valence-corrected chi connectivity index (χ4v) is 1.75. The summed E-state index contributed by atoms with van der Waals surface area (Å²) in [6, 6.07) is 0. The molecular formula is C17H29ClO10. The van der Waals surface area contributed by atoms with Crippen LogP contribution in [0.25, 0.3) is 0 Å². The van der Waals surface area contributed by atoms with Gasteiger partial charge in [-0.25, -0.2) is 4.79 Å². The molecular weight excluding hydrogens is 400 g/mol. The number of alkyl halides is 1. The molecule has 11 heteroatoms. The van der Waals surface area contributed by atoms with E-state index in [2.05, 4.69) is 0 Å². The van der Waals surface area contributed by atoms with Crippen molar-refractivity contribution in [3.05, 3.63) is 0 Å². The Morgan fingerprint density at radius 3 is 1.39 bits per heavy atom. The number of ketones is 1. The Labute approximate surface area is 169 Å². The molecule has 0 amide bonds. The van der Waals surface area contributed by atoms with Crippen molar-refractivity contribution in [1.82, 2.24) is 0 Å². The number of carboxylic acids is 1. The van der Waals surface area contributed by atoms with Crippen molar-refractivity contribution in [2.45, 2.75) is 12.8 Å². The minimum Gasteiger partial charge on any atom is -0.476 e. The lowest BCUT2D eigenvalue weighted by Gasteiger charge is -2.08. The van der Waals surface area contributed by atoms with Gasteiger partial charge in [0, 0.05) is 12.3 Å². The number of halogens is 1. The maximum atomic E-state index is 11.2. The molecule has 0 fully saturated rings. The Balaban J connectivity index is 3.18. The van der Waals surface area contributed by atoms with Crippen LogP contribution >= 0.6 is 11.6 Å². The number of carboxylic acid groups (broad SMARTS) is 1. The van der Waals surface area contributed by atoms with Crippen LogP contribution in [-0.2, 0) is 42.8 Å². The molecule has 0 saturated heterocycles. The van der Waals surface area contributed by atoms with Gasteiger partial charge in [0.2, 0.25) is 5.78 Å². The quantitative estimate of drug-likeness (QED) is 0.118. The van der Waals surface area contributed by atoms with E-state index in [0.717, 1.165) is 0 Å². The highest BCUT2D eigenvalue weighted by molar-refractivity contribution is 6.32. The molecule has 0 spiro atoms. The lowest BCUT2D eigenvalue weighted by atomic mass is 10.2. The largest absolute Gasteiger partial charge is 0.476 e. The molecule has 0 aliphatic carbocycles. The zero-order chi connectivity index (χ0) is 20.9. The Bertz CT molecular complexity index is 419. The second-order valence-corrected chi connectivity index (χ2v) is 5.58. The molecule has 1 N–H and O–H groups in total. The maximum absolute atomic E-state index is 11.2. The predicted octanol–water partition coefficient (Wildman–Crippen LogP) is 0.285. The van der Waals surface area contributed by atoms with E-state index in [-0.39, 0.29) is 26.1 Å². The third-order valence-electron chi connectivity index (χ3n) is 2.99. The summed E-state index contributed by atoms with van der Waals surface area (Å²) < 4.78 is 31.0. The summed E-state index contributed by atoms with van der Waals surface area (Å²) >= 11 is 5.46. The standard InChI is InChI=1S/C17H29ClO10/c18-3-4-23-5-6-24-7-8-25-9-10-26-11-12-27-13-14-28-16(20)2-1-15(19)17(21)22/h1-14H2,(H,21,22). The first-order valence-electron chi connectivity index (χ1n) is 8.94. The molecule has 0 bridgehead atoms. The van der Waals surface area contributed by atoms with Gasteiger partial charge in [-0.05, 0) is 0 Å². The van der Waals surface area contributed by atoms with Crippen molar-refractivity contribution in [2.75, 3.05) is 78.6 Å². The van der Waals surface area contributed by atoms with Gasteiger partial charge < -0.3 is 33.5 Å². The van der Waals surface area contributed by atoms with E-state index in [9.17, 15) is 14.4 Å². The number of rotatable bonds is 21. The van der Waals surface area contributed by atoms with Crippen molar-refractivity contribution in [3.8, 4) is 0 Å². The van der Waals surface area contributed by atoms with Crippen molar-refractivity contribution in [2.24, 2.45) is 0 Å². The molecule has 0 aromatic heterocycles. The molecule has 0 rings (SSSR count). The second-order valence-electron chi connectivity index (χ2n) is 5.20. The highest BCUT2D eigenvalue weighted by atomic mass is 35.5. The van der Waals surface area contributed by atoms with E-state index >= 15 is 0 Å². The highest BCUT2D eigenvalue weighted by Crippen LogP contribution is 1.95. The van der Waals surface area contributed by atoms with E-state index in [1.54, 1.807) is 0 Å². The summed E-state index contributed by atoms with van der Waals surface area (Å²) in [4.78, 5) is 32.3. The summed E-state index contributed by atoms with van der Waals surface area (Å²) in [5.74, 6) is -2.74. The van der Waals surface area contributed by atoms with Gasteiger partial charge in [0.15, 0.2) is 0 Å². The van der Waals surface area contributed by atoms with Crippen LogP contribution in [0.4, 0.5) is 0 Å². The van der Waals surface area contributed by atoms with Gasteiger partial charge in [0.25, 0.3) is 0 Å². The minimum atomic E-state index is -1.56. The fraction of sp³-hybridized carbons (Fsp3) is 0.824. The first kappa shape index (κ1) is 26.7. The second kappa shape index (κ2) is 20.4. The van der Waals surface area contributed by atoms with E-state index in [0.29, 0.717) is 65.3 Å². The Morgan fingerprint density at radius 1 is 0.607 bits per heavy atom. The van der Waals surface area contributed by atoms with Gasteiger partial charge in [-0.3, -0.25) is 9.59 Å². The summed E-state index contributed by atoms with van der Waals surface area (Å²) in [7, 11) is 0. The monoisotopic (exact) mass is 428 g/mol. The molecule has 0 heterocycles. The molecule has 164 valence electrons. The first-order valence-corrected chi connectivity index (χ1v) is 9.47. The van der Waals surface area contributed by atoms with Crippen LogP contribution in [0.15, 0.2) is 0 Å². The van der Waals surface area contributed by atoms with Crippen LogP contribution in [0.1, 0.15) is 12.8 Å². The number of carbonyl (C=O) groups is 3. The first-order chi connectivity index (χ1) is 13.6. The normalized spacial score (nSPS) is 10.8. The van der Waals surface area contributed by atoms with E-state index in [1.165, 1.54) is 0 Å². The van der Waals surface area contributed by atoms with Crippen LogP contribution in [0.3, 0.4) is 0 Å². The van der Waals surface area contributed by atoms with Crippen molar-refractivity contribution in [1.29, 1.82) is 0 Å². The number of hydrogen-bond donors (Lipinski definition) is 1. The Kier molecular flexibility index (Phi) is 19.5. The maximum Gasteiger partial charge on any atom is 0.372 e. The topological polar surface area (TPSA) is 127 Å². The Hall–Kier alpha value is -1.30. The number of Topliss-reactive ketones (excluding diaryl/α,β-unsaturated/α-hetero) is 1. The highest BCUT2D eigenvalue weighted by Gasteiger charge is 2.14. The van der Waals surface area contributed by atoms with E-state index in [1.807, 2.05) is 0 Å². The van der Waals surface area contributed by atoms with Gasteiger partial charge in [0.05, 0.1) is 72.5 Å². The third-order valence-corrected chi connectivity index (χ3v) is 3.15. The summed E-state index contributed by atoms with van der Waals surface area (Å²) in [6.45, 7) is 4.28. The third kappa shape index (κ3) is 19.5. The fourth-order valence-electron chi connectivity index (χ4n) is 1.65. The minimum absolute atomic E-state index is 0.0279. The van der Waals surface area contributed by atoms with Crippen molar-refractivity contribution >= 4 is 29.3 Å². The molecule has 10 nitrogen and oxygen atoms in total. The summed E-state index contributed by atoms with van der Waals surface area (Å²) in [5, 5.41) is 8.37. The molecule has 0 aromatic carbocycles. The van der Waals surface area contributed by atoms with Crippen LogP contribution in [0.2, 0.25) is 0 Å². The zero-order valence-electron chi connectivity index (χ0n) is 15.9. The number of ether oxygens (including phenoxy) is 6. The lowest BCUT2D eigenvalue weighted by molar-refractivity contribution is -0.151. The van der Waals surface area contributed by atoms with Gasteiger partial charge >= 0.3 is 11.9 Å². The molecule has 0 unspecified atom stereocenters. The number of aliphatic carboxylic acids is 1. The average Bonchev–Trinajstić information content (AvgIpc) is 2.68. The van der Waals surface area contributed by atoms with Crippen LogP contribution in [-0.4, -0.2) is 101 Å². The summed E-state index contributed by atoms with van der Waals surface area (Å²) in [6.07, 6.45) is -0.638. The van der Waals surface area contributed by atoms with Gasteiger partial charge in [-0.2, -0.15) is 0 Å². The van der Waals surface area contributed by atoms with Crippen LogP contribution in [0.5, 0.6) is 0 Å². The number of hydrogen-bond acceptors (Lipinski definition) is 9. The van der Waals surface area contributed by atoms with Gasteiger partial charge in [-0.15, -0.1) is 11.6 Å². The Morgan fingerprint density at radius 2 is 1.00 bits per heavy atom. The predicted molar refractivity (Wildman–Crippen MR) is 97.7 cm³/mol. The number of carbonyl (C=O) groups excluding carboxylic acids is 2. The molecule has 0 aliphatic rings. The van der Waals surface area contributed by atoms with Crippen LogP contribution < -0.4 is 0 Å². The van der Waals surface area contributed by atoms with Gasteiger partial charge in [0.1, 0.15) is 6.61 Å². The number of esters is 1. The molecule has 0 atom stereocenters. The molecule has 0 saturated carbocycles. The summed E-state index contributed by atoms with van der Waals surface area (Å²) in [5.41, 5.74) is 0. The molecule has 0 radical (unpaired) electrons. The smallest absolute Gasteiger partial charge is 0.372 e. The van der Waals surface area contributed by atoms with Crippen molar-refractivity contribution in [3.63, 3.8) is 0 Å². The molecule has 0 aromatic rings. The van der Waals surface area contributed by atoms with Crippen molar-refractivity contribution < 1.29 is 47.9 Å². The lowest BCUT2D eigenvalue weighted by Crippen LogP contribution is -2.17. The SMILES string of the molecule is O=C(CCC(=O)C(=O)O)OCCOCCOCCOCCOCCOCCCl. The molecule has 0 aliphatic heterocycles. The van der Waals surface area contributed by atoms with Gasteiger partial charge in [-0.1, -0.05) is 0 Å². The van der Waals surface area contributed by atoms with Crippen LogP contribution in [0, 0.1) is 0 Å². The molecule has 28 heavy (non-hydrogen) atoms. The van der Waals surface area contributed by atoms with E-state index < -0.39 is 17.7 Å². The van der Waals surface area contributed by atoms with E-state index in [4.69, 9.17) is 45.1 Å². The average molecular weight is 429 g/mol. The zero-order valence-corrected chi connectivity index (χ0v) is 16.7.